The van der Waals surface area contributed by atoms with Gasteiger partial charge in [-0.15, -0.1) is 11.3 Å². The summed E-state index contributed by atoms with van der Waals surface area (Å²) in [7, 11) is 0. The molecular weight excluding hydrogens is 468 g/mol. The van der Waals surface area contributed by atoms with Crippen LogP contribution in [0.25, 0.3) is 0 Å². The highest BCUT2D eigenvalue weighted by atomic mass is 32.1. The van der Waals surface area contributed by atoms with Crippen molar-refractivity contribution in [1.29, 1.82) is 0 Å². The van der Waals surface area contributed by atoms with E-state index in [4.69, 9.17) is 4.74 Å². The summed E-state index contributed by atoms with van der Waals surface area (Å²) in [6.07, 6.45) is 0. The molecule has 36 heavy (non-hydrogen) atoms. The lowest BCUT2D eigenvalue weighted by Crippen LogP contribution is -2.50. The van der Waals surface area contributed by atoms with E-state index in [0.29, 0.717) is 30.5 Å². The normalized spacial score (nSPS) is 14.1. The van der Waals surface area contributed by atoms with Crippen molar-refractivity contribution in [2.75, 3.05) is 38.1 Å². The third kappa shape index (κ3) is 5.58. The molecule has 184 valence electrons. The number of nitrogens with zero attached hydrogens (tertiary/aromatic N) is 3. The van der Waals surface area contributed by atoms with Crippen molar-refractivity contribution < 1.29 is 9.53 Å². The molecular formula is C29H30N4O2S. The number of carbonyl (C=O) groups is 1. The molecule has 0 bridgehead atoms. The zero-order valence-electron chi connectivity index (χ0n) is 20.3. The molecule has 1 N–H and O–H groups in total. The van der Waals surface area contributed by atoms with Crippen LogP contribution in [0.2, 0.25) is 0 Å². The van der Waals surface area contributed by atoms with Crippen molar-refractivity contribution in [1.82, 2.24) is 14.8 Å². The summed E-state index contributed by atoms with van der Waals surface area (Å²) in [6, 6.07) is 29.1. The van der Waals surface area contributed by atoms with E-state index in [9.17, 15) is 4.79 Å². The molecule has 1 fully saturated rings. The summed E-state index contributed by atoms with van der Waals surface area (Å²) in [5.41, 5.74) is 3.94. The van der Waals surface area contributed by atoms with Gasteiger partial charge in [-0.25, -0.2) is 4.98 Å². The summed E-state index contributed by atoms with van der Waals surface area (Å²) in [6.45, 7) is 5.56. The number of carbonyl (C=O) groups excluding carboxylic acids is 1. The highest BCUT2D eigenvalue weighted by Gasteiger charge is 2.29. The summed E-state index contributed by atoms with van der Waals surface area (Å²) in [4.78, 5) is 22.1. The van der Waals surface area contributed by atoms with Gasteiger partial charge in [0, 0.05) is 37.2 Å². The van der Waals surface area contributed by atoms with E-state index in [-0.39, 0.29) is 11.9 Å². The number of ether oxygens (including phenoxy) is 1. The first-order valence-corrected chi connectivity index (χ1v) is 13.2. The number of hydrogen-bond donors (Lipinski definition) is 1. The first-order valence-electron chi connectivity index (χ1n) is 12.3. The highest BCUT2D eigenvalue weighted by Crippen LogP contribution is 2.30. The maximum Gasteiger partial charge on any atom is 0.273 e. The van der Waals surface area contributed by atoms with E-state index < -0.39 is 0 Å². The molecule has 4 aromatic rings. The molecule has 1 aliphatic heterocycles. The van der Waals surface area contributed by atoms with Gasteiger partial charge in [0.15, 0.2) is 5.13 Å². The molecule has 6 nitrogen and oxygen atoms in total. The van der Waals surface area contributed by atoms with Gasteiger partial charge in [-0.2, -0.15) is 0 Å². The van der Waals surface area contributed by atoms with E-state index in [1.165, 1.54) is 22.5 Å². The van der Waals surface area contributed by atoms with Crippen LogP contribution in [0.15, 0.2) is 90.3 Å². The quantitative estimate of drug-likeness (QED) is 0.331. The summed E-state index contributed by atoms with van der Waals surface area (Å²) < 4.78 is 5.49. The molecule has 1 saturated heterocycles. The van der Waals surface area contributed by atoms with Crippen molar-refractivity contribution >= 4 is 28.1 Å². The number of aromatic nitrogens is 1. The van der Waals surface area contributed by atoms with Gasteiger partial charge in [0.1, 0.15) is 11.4 Å². The van der Waals surface area contributed by atoms with Gasteiger partial charge in [-0.3, -0.25) is 9.69 Å². The van der Waals surface area contributed by atoms with Crippen molar-refractivity contribution in [3.8, 4) is 5.75 Å². The zero-order chi connectivity index (χ0) is 24.7. The average molecular weight is 499 g/mol. The number of piperazine rings is 1. The second-order valence-electron chi connectivity index (χ2n) is 8.67. The van der Waals surface area contributed by atoms with Crippen molar-refractivity contribution in [3.63, 3.8) is 0 Å². The lowest BCUT2D eigenvalue weighted by molar-refractivity contribution is 0.0592. The Balaban J connectivity index is 1.22. The number of hydrogen-bond acceptors (Lipinski definition) is 6. The van der Waals surface area contributed by atoms with Gasteiger partial charge in [-0.05, 0) is 42.3 Å². The van der Waals surface area contributed by atoms with Crippen molar-refractivity contribution in [2.45, 2.75) is 13.0 Å². The Hall–Kier alpha value is -3.68. The lowest BCUT2D eigenvalue weighted by Gasteiger charge is -2.39. The largest absolute Gasteiger partial charge is 0.494 e. The molecule has 0 radical (unpaired) electrons. The van der Waals surface area contributed by atoms with Gasteiger partial charge in [-0.1, -0.05) is 60.7 Å². The minimum absolute atomic E-state index is 0.0124. The number of nitrogens with one attached hydrogen (secondary N) is 1. The predicted molar refractivity (Wildman–Crippen MR) is 145 cm³/mol. The van der Waals surface area contributed by atoms with Crippen LogP contribution in [0.5, 0.6) is 5.75 Å². The summed E-state index contributed by atoms with van der Waals surface area (Å²) in [5.74, 6) is 0.820. The number of benzene rings is 3. The standard InChI is InChI=1S/C29H30N4O2S/c1-2-35-25-15-13-24(14-16-25)30-29-31-26(21-36-29)28(34)33-19-17-32(18-20-33)27(22-9-5-3-6-10-22)23-11-7-4-8-12-23/h3-16,21,27H,2,17-20H2,1H3,(H,30,31). The maximum absolute atomic E-state index is 13.2. The first kappa shape index (κ1) is 24.0. The van der Waals surface area contributed by atoms with Crippen LogP contribution in [0.4, 0.5) is 10.8 Å². The van der Waals surface area contributed by atoms with Crippen LogP contribution in [-0.2, 0) is 0 Å². The Morgan fingerprint density at radius 3 is 2.11 bits per heavy atom. The Kier molecular flexibility index (Phi) is 7.59. The molecule has 2 heterocycles. The van der Waals surface area contributed by atoms with Crippen LogP contribution >= 0.6 is 11.3 Å². The molecule has 0 saturated carbocycles. The van der Waals surface area contributed by atoms with Gasteiger partial charge < -0.3 is 15.0 Å². The Labute approximate surface area is 216 Å². The molecule has 0 spiro atoms. The molecule has 0 atom stereocenters. The minimum atomic E-state index is -0.0124. The Bertz CT molecular complexity index is 1210. The third-order valence-corrected chi connectivity index (χ3v) is 7.09. The van der Waals surface area contributed by atoms with Gasteiger partial charge in [0.05, 0.1) is 12.6 Å². The molecule has 3 aromatic carbocycles. The number of amides is 1. The lowest BCUT2D eigenvalue weighted by atomic mass is 9.96. The maximum atomic E-state index is 13.2. The molecule has 5 rings (SSSR count). The van der Waals surface area contributed by atoms with E-state index in [0.717, 1.165) is 24.5 Å². The van der Waals surface area contributed by atoms with Crippen LogP contribution in [0.3, 0.4) is 0 Å². The molecule has 7 heteroatoms. The second kappa shape index (κ2) is 11.4. The molecule has 1 amide bonds. The van der Waals surface area contributed by atoms with E-state index in [1.54, 1.807) is 0 Å². The smallest absolute Gasteiger partial charge is 0.273 e. The number of rotatable bonds is 8. The predicted octanol–water partition coefficient (Wildman–Crippen LogP) is 5.83. The van der Waals surface area contributed by atoms with Crippen LogP contribution in [0.1, 0.15) is 34.6 Å². The van der Waals surface area contributed by atoms with Crippen molar-refractivity contribution in [3.05, 3.63) is 107 Å². The van der Waals surface area contributed by atoms with E-state index in [1.807, 2.05) is 41.5 Å². The topological polar surface area (TPSA) is 57.7 Å². The van der Waals surface area contributed by atoms with Crippen LogP contribution in [-0.4, -0.2) is 53.5 Å². The fourth-order valence-electron chi connectivity index (χ4n) is 4.58. The number of anilines is 2. The van der Waals surface area contributed by atoms with E-state index in [2.05, 4.69) is 75.9 Å². The highest BCUT2D eigenvalue weighted by molar-refractivity contribution is 7.14. The fourth-order valence-corrected chi connectivity index (χ4v) is 5.29. The monoisotopic (exact) mass is 498 g/mol. The zero-order valence-corrected chi connectivity index (χ0v) is 21.2. The summed E-state index contributed by atoms with van der Waals surface area (Å²) >= 11 is 1.44. The Morgan fingerprint density at radius 1 is 0.917 bits per heavy atom. The van der Waals surface area contributed by atoms with Gasteiger partial charge in [0.2, 0.25) is 0 Å². The van der Waals surface area contributed by atoms with Crippen LogP contribution < -0.4 is 10.1 Å². The SMILES string of the molecule is CCOc1ccc(Nc2nc(C(=O)N3CCN(C(c4ccccc4)c4ccccc4)CC3)cs2)cc1. The molecule has 1 aromatic heterocycles. The first-order chi connectivity index (χ1) is 17.7. The molecule has 0 aliphatic carbocycles. The number of thiazole rings is 1. The van der Waals surface area contributed by atoms with Gasteiger partial charge >= 0.3 is 0 Å². The molecule has 0 unspecified atom stereocenters. The van der Waals surface area contributed by atoms with Crippen LogP contribution in [0, 0.1) is 0 Å². The van der Waals surface area contributed by atoms with Gasteiger partial charge in [0.25, 0.3) is 5.91 Å². The molecule has 1 aliphatic rings. The Morgan fingerprint density at radius 2 is 1.53 bits per heavy atom. The fraction of sp³-hybridized carbons (Fsp3) is 0.241. The third-order valence-electron chi connectivity index (χ3n) is 6.34. The summed E-state index contributed by atoms with van der Waals surface area (Å²) in [5, 5.41) is 5.82. The van der Waals surface area contributed by atoms with Crippen molar-refractivity contribution in [2.24, 2.45) is 0 Å². The van der Waals surface area contributed by atoms with E-state index >= 15 is 0 Å². The minimum Gasteiger partial charge on any atom is -0.494 e. The second-order valence-corrected chi connectivity index (χ2v) is 9.53. The average Bonchev–Trinajstić information content (AvgIpc) is 3.40.